The number of alkyl halides is 2. The quantitative estimate of drug-likeness (QED) is 0.374. The Balaban J connectivity index is 1.67. The minimum Gasteiger partial charge on any atom is -0.300 e. The lowest BCUT2D eigenvalue weighted by molar-refractivity contribution is -0.0169. The van der Waals surface area contributed by atoms with Gasteiger partial charge in [0.15, 0.2) is 0 Å². The van der Waals surface area contributed by atoms with Crippen LogP contribution in [-0.2, 0) is 6.54 Å². The molecule has 2 nitrogen and oxygen atoms in total. The van der Waals surface area contributed by atoms with E-state index in [2.05, 4.69) is 5.32 Å². The standard InChI is InChI=1S/C26H21F2NO/c27-26(28,25(30)23-16-15-20-11-7-8-14-22(20)17-23)24(21-12-5-2-6-13-21)29-18-19-9-3-1-4-10-19/h1-17,24,29H,18H2. The van der Waals surface area contributed by atoms with Gasteiger partial charge < -0.3 is 5.32 Å². The average Bonchev–Trinajstić information content (AvgIpc) is 2.79. The number of benzene rings is 4. The van der Waals surface area contributed by atoms with Crippen LogP contribution in [0.1, 0.15) is 27.5 Å². The molecule has 1 atom stereocenters. The van der Waals surface area contributed by atoms with Gasteiger partial charge in [0.05, 0.1) is 0 Å². The molecule has 1 unspecified atom stereocenters. The zero-order valence-corrected chi connectivity index (χ0v) is 16.3. The molecule has 4 aromatic carbocycles. The first-order valence-corrected chi connectivity index (χ1v) is 9.79. The number of halogens is 2. The Bertz CT molecular complexity index is 1140. The molecule has 0 aliphatic rings. The van der Waals surface area contributed by atoms with E-state index in [1.54, 1.807) is 36.4 Å². The molecule has 4 aromatic rings. The highest BCUT2D eigenvalue weighted by Crippen LogP contribution is 2.35. The molecule has 0 saturated carbocycles. The van der Waals surface area contributed by atoms with Crippen LogP contribution in [-0.4, -0.2) is 11.7 Å². The van der Waals surface area contributed by atoms with Crippen molar-refractivity contribution in [1.29, 1.82) is 0 Å². The fourth-order valence-electron chi connectivity index (χ4n) is 3.57. The highest BCUT2D eigenvalue weighted by molar-refractivity contribution is 6.04. The zero-order chi connectivity index (χ0) is 21.0. The molecule has 0 amide bonds. The van der Waals surface area contributed by atoms with Crippen LogP contribution in [0.25, 0.3) is 10.8 Å². The monoisotopic (exact) mass is 401 g/mol. The summed E-state index contributed by atoms with van der Waals surface area (Å²) in [6.45, 7) is 0.223. The predicted octanol–water partition coefficient (Wildman–Crippen LogP) is 6.19. The number of carbonyl (C=O) groups excluding carboxylic acids is 1. The van der Waals surface area contributed by atoms with Gasteiger partial charge >= 0.3 is 5.92 Å². The number of fused-ring (bicyclic) bond motifs is 1. The van der Waals surface area contributed by atoms with Crippen molar-refractivity contribution in [2.45, 2.75) is 18.5 Å². The highest BCUT2D eigenvalue weighted by Gasteiger charge is 2.48. The Morgan fingerprint density at radius 2 is 1.37 bits per heavy atom. The number of rotatable bonds is 7. The van der Waals surface area contributed by atoms with Gasteiger partial charge in [0.1, 0.15) is 6.04 Å². The van der Waals surface area contributed by atoms with Crippen LogP contribution in [0.3, 0.4) is 0 Å². The molecule has 150 valence electrons. The molecule has 0 radical (unpaired) electrons. The number of Topliss-reactive ketones (excluding diaryl/α,β-unsaturated/α-hetero) is 1. The predicted molar refractivity (Wildman–Crippen MR) is 116 cm³/mol. The Hall–Kier alpha value is -3.37. The Labute approximate surface area is 174 Å². The van der Waals surface area contributed by atoms with Crippen LogP contribution >= 0.6 is 0 Å². The van der Waals surface area contributed by atoms with Gasteiger partial charge in [-0.1, -0.05) is 97.1 Å². The fourth-order valence-corrected chi connectivity index (χ4v) is 3.57. The van der Waals surface area contributed by atoms with Crippen molar-refractivity contribution in [3.8, 4) is 0 Å². The maximum absolute atomic E-state index is 15.5. The lowest BCUT2D eigenvalue weighted by atomic mass is 9.92. The summed E-state index contributed by atoms with van der Waals surface area (Å²) in [5.41, 5.74) is 1.24. The molecular weight excluding hydrogens is 380 g/mol. The molecule has 0 bridgehead atoms. The van der Waals surface area contributed by atoms with E-state index in [1.165, 1.54) is 12.1 Å². The van der Waals surface area contributed by atoms with Crippen molar-refractivity contribution in [2.75, 3.05) is 0 Å². The van der Waals surface area contributed by atoms with E-state index in [-0.39, 0.29) is 12.1 Å². The largest absolute Gasteiger partial charge is 0.328 e. The number of carbonyl (C=O) groups is 1. The van der Waals surface area contributed by atoms with Gasteiger partial charge in [0.2, 0.25) is 5.78 Å². The van der Waals surface area contributed by atoms with Crippen molar-refractivity contribution in [3.05, 3.63) is 120 Å². The second kappa shape index (κ2) is 8.56. The summed E-state index contributed by atoms with van der Waals surface area (Å²) >= 11 is 0. The second-order valence-corrected chi connectivity index (χ2v) is 7.22. The average molecular weight is 401 g/mol. The molecule has 0 aromatic heterocycles. The molecule has 0 aliphatic carbocycles. The normalized spacial score (nSPS) is 12.6. The summed E-state index contributed by atoms with van der Waals surface area (Å²) in [4.78, 5) is 12.9. The van der Waals surface area contributed by atoms with E-state index in [9.17, 15) is 4.79 Å². The van der Waals surface area contributed by atoms with Gasteiger partial charge in [-0.05, 0) is 28.0 Å². The van der Waals surface area contributed by atoms with Crippen LogP contribution in [0.15, 0.2) is 103 Å². The van der Waals surface area contributed by atoms with Crippen molar-refractivity contribution < 1.29 is 13.6 Å². The van der Waals surface area contributed by atoms with E-state index in [4.69, 9.17) is 0 Å². The first-order chi connectivity index (χ1) is 14.6. The summed E-state index contributed by atoms with van der Waals surface area (Å²) in [6.07, 6.45) is 0. The molecular formula is C26H21F2NO. The van der Waals surface area contributed by atoms with Crippen LogP contribution in [0.2, 0.25) is 0 Å². The van der Waals surface area contributed by atoms with E-state index >= 15 is 8.78 Å². The molecule has 30 heavy (non-hydrogen) atoms. The minimum absolute atomic E-state index is 0.00106. The molecule has 0 saturated heterocycles. The van der Waals surface area contributed by atoms with Gasteiger partial charge in [-0.2, -0.15) is 8.78 Å². The van der Waals surface area contributed by atoms with E-state index in [0.29, 0.717) is 5.56 Å². The summed E-state index contributed by atoms with van der Waals surface area (Å²) < 4.78 is 31.1. The van der Waals surface area contributed by atoms with Gasteiger partial charge in [-0.25, -0.2) is 0 Å². The lowest BCUT2D eigenvalue weighted by Gasteiger charge is -2.27. The summed E-state index contributed by atoms with van der Waals surface area (Å²) in [5, 5.41) is 4.57. The molecule has 4 heteroatoms. The maximum Gasteiger partial charge on any atom is 0.328 e. The topological polar surface area (TPSA) is 29.1 Å². The Kier molecular flexibility index (Phi) is 5.68. The van der Waals surface area contributed by atoms with Crippen molar-refractivity contribution in [2.24, 2.45) is 0 Å². The molecule has 0 aliphatic heterocycles. The van der Waals surface area contributed by atoms with Crippen molar-refractivity contribution in [1.82, 2.24) is 5.32 Å². The van der Waals surface area contributed by atoms with Gasteiger partial charge in [0.25, 0.3) is 0 Å². The van der Waals surface area contributed by atoms with Crippen LogP contribution in [0.4, 0.5) is 8.78 Å². The first kappa shape index (κ1) is 19.9. The van der Waals surface area contributed by atoms with Gasteiger partial charge in [-0.3, -0.25) is 4.79 Å². The maximum atomic E-state index is 15.5. The van der Waals surface area contributed by atoms with E-state index in [1.807, 2.05) is 54.6 Å². The van der Waals surface area contributed by atoms with E-state index in [0.717, 1.165) is 16.3 Å². The number of ketones is 1. The van der Waals surface area contributed by atoms with Crippen molar-refractivity contribution >= 4 is 16.6 Å². The summed E-state index contributed by atoms with van der Waals surface area (Å²) in [7, 11) is 0. The zero-order valence-electron chi connectivity index (χ0n) is 16.3. The number of hydrogen-bond acceptors (Lipinski definition) is 2. The smallest absolute Gasteiger partial charge is 0.300 e. The van der Waals surface area contributed by atoms with Crippen LogP contribution in [0, 0.1) is 0 Å². The number of hydrogen-bond donors (Lipinski definition) is 1. The van der Waals surface area contributed by atoms with Crippen molar-refractivity contribution in [3.63, 3.8) is 0 Å². The molecule has 0 spiro atoms. The highest BCUT2D eigenvalue weighted by atomic mass is 19.3. The molecule has 4 rings (SSSR count). The Morgan fingerprint density at radius 1 is 0.767 bits per heavy atom. The second-order valence-electron chi connectivity index (χ2n) is 7.22. The van der Waals surface area contributed by atoms with Crippen LogP contribution < -0.4 is 5.32 Å². The third-order valence-corrected chi connectivity index (χ3v) is 5.16. The third kappa shape index (κ3) is 4.14. The molecule has 0 fully saturated rings. The SMILES string of the molecule is O=C(c1ccc2ccccc2c1)C(F)(F)C(NCc1ccccc1)c1ccccc1. The summed E-state index contributed by atoms with van der Waals surface area (Å²) in [5.74, 6) is -4.82. The van der Waals surface area contributed by atoms with Gasteiger partial charge in [-0.15, -0.1) is 0 Å². The van der Waals surface area contributed by atoms with Crippen LogP contribution in [0.5, 0.6) is 0 Å². The molecule has 1 N–H and O–H groups in total. The van der Waals surface area contributed by atoms with E-state index < -0.39 is 17.7 Å². The lowest BCUT2D eigenvalue weighted by Crippen LogP contribution is -2.43. The number of nitrogens with one attached hydrogen (secondary N) is 1. The Morgan fingerprint density at radius 3 is 2.07 bits per heavy atom. The summed E-state index contributed by atoms with van der Waals surface area (Å²) in [6, 6.07) is 28.3. The molecule has 0 heterocycles. The first-order valence-electron chi connectivity index (χ1n) is 9.79. The van der Waals surface area contributed by atoms with Gasteiger partial charge in [0, 0.05) is 12.1 Å². The third-order valence-electron chi connectivity index (χ3n) is 5.16. The fraction of sp³-hybridized carbons (Fsp3) is 0.115. The minimum atomic E-state index is -3.63.